The highest BCUT2D eigenvalue weighted by molar-refractivity contribution is 6.30. The first-order chi connectivity index (χ1) is 12.2. The summed E-state index contributed by atoms with van der Waals surface area (Å²) in [7, 11) is 3.83. The Morgan fingerprint density at radius 1 is 1.16 bits per heavy atom. The van der Waals surface area contributed by atoms with Crippen LogP contribution in [0.1, 0.15) is 18.4 Å². The van der Waals surface area contributed by atoms with Gasteiger partial charge < -0.3 is 15.5 Å². The number of nitrogens with one attached hydrogen (secondary N) is 2. The van der Waals surface area contributed by atoms with E-state index in [1.54, 1.807) is 13.2 Å². The maximum atomic E-state index is 6.04. The summed E-state index contributed by atoms with van der Waals surface area (Å²) >= 11 is 6.04. The summed E-state index contributed by atoms with van der Waals surface area (Å²) in [5, 5.41) is 7.48. The van der Waals surface area contributed by atoms with Gasteiger partial charge in [-0.15, -0.1) is 0 Å². The van der Waals surface area contributed by atoms with Crippen LogP contribution in [0.5, 0.6) is 0 Å². The summed E-state index contributed by atoms with van der Waals surface area (Å²) < 4.78 is 0. The standard InChI is InChI=1S/C19H26ClN5/c1-21-19(25(2)15-16-8-7-9-17(20)14-16)24-13-6-5-12-23-18-10-3-4-11-22-18/h3-4,7-11,14H,5-6,12-13,15H2,1-2H3,(H,21,24)(H,22,23). The summed E-state index contributed by atoms with van der Waals surface area (Å²) in [6.07, 6.45) is 3.92. The van der Waals surface area contributed by atoms with Crippen LogP contribution in [0.25, 0.3) is 0 Å². The highest BCUT2D eigenvalue weighted by atomic mass is 35.5. The second kappa shape index (κ2) is 10.6. The fourth-order valence-corrected chi connectivity index (χ4v) is 2.72. The van der Waals surface area contributed by atoms with Gasteiger partial charge in [-0.1, -0.05) is 29.8 Å². The molecule has 5 nitrogen and oxygen atoms in total. The molecule has 0 radical (unpaired) electrons. The van der Waals surface area contributed by atoms with Crippen LogP contribution in [0, 0.1) is 0 Å². The molecule has 0 aliphatic heterocycles. The number of rotatable bonds is 8. The van der Waals surface area contributed by atoms with E-state index in [1.165, 1.54) is 0 Å². The van der Waals surface area contributed by atoms with Crippen LogP contribution in [0.4, 0.5) is 5.82 Å². The third-order valence-electron chi connectivity index (χ3n) is 3.74. The lowest BCUT2D eigenvalue weighted by atomic mass is 10.2. The molecular weight excluding hydrogens is 334 g/mol. The average molecular weight is 360 g/mol. The monoisotopic (exact) mass is 359 g/mol. The van der Waals surface area contributed by atoms with Gasteiger partial charge in [0.2, 0.25) is 0 Å². The van der Waals surface area contributed by atoms with Crippen molar-refractivity contribution in [3.05, 3.63) is 59.2 Å². The molecule has 6 heteroatoms. The number of guanidine groups is 1. The van der Waals surface area contributed by atoms with Crippen LogP contribution in [0.3, 0.4) is 0 Å². The van der Waals surface area contributed by atoms with E-state index in [9.17, 15) is 0 Å². The third-order valence-corrected chi connectivity index (χ3v) is 3.97. The molecule has 1 aromatic heterocycles. The number of nitrogens with zero attached hydrogens (tertiary/aromatic N) is 3. The molecule has 2 rings (SSSR count). The zero-order chi connectivity index (χ0) is 17.9. The lowest BCUT2D eigenvalue weighted by Crippen LogP contribution is -2.38. The van der Waals surface area contributed by atoms with Crippen molar-refractivity contribution in [1.29, 1.82) is 0 Å². The van der Waals surface area contributed by atoms with E-state index < -0.39 is 0 Å². The molecule has 0 aliphatic rings. The molecule has 0 saturated carbocycles. The molecule has 134 valence electrons. The quantitative estimate of drug-likeness (QED) is 0.429. The maximum absolute atomic E-state index is 6.04. The Bertz CT molecular complexity index is 660. The summed E-state index contributed by atoms with van der Waals surface area (Å²) in [5.74, 6) is 1.81. The van der Waals surface area contributed by atoms with E-state index in [-0.39, 0.29) is 0 Å². The average Bonchev–Trinajstić information content (AvgIpc) is 2.62. The van der Waals surface area contributed by atoms with Crippen LogP contribution in [0.15, 0.2) is 53.7 Å². The molecule has 0 aliphatic carbocycles. The van der Waals surface area contributed by atoms with Crippen molar-refractivity contribution in [2.24, 2.45) is 4.99 Å². The first-order valence-electron chi connectivity index (χ1n) is 8.50. The number of aliphatic imine (C=N–C) groups is 1. The molecule has 0 amide bonds. The molecule has 0 fully saturated rings. The number of hydrogen-bond donors (Lipinski definition) is 2. The molecular formula is C19H26ClN5. The molecule has 1 heterocycles. The zero-order valence-corrected chi connectivity index (χ0v) is 15.6. The fraction of sp³-hybridized carbons (Fsp3) is 0.368. The lowest BCUT2D eigenvalue weighted by Gasteiger charge is -2.22. The second-order valence-electron chi connectivity index (χ2n) is 5.81. The molecule has 0 bridgehead atoms. The minimum atomic E-state index is 0.759. The number of benzene rings is 1. The fourth-order valence-electron chi connectivity index (χ4n) is 2.50. The molecule has 0 atom stereocenters. The Morgan fingerprint density at radius 2 is 2.00 bits per heavy atom. The molecule has 2 N–H and O–H groups in total. The maximum Gasteiger partial charge on any atom is 0.193 e. The summed E-state index contributed by atoms with van der Waals surface area (Å²) in [4.78, 5) is 10.7. The molecule has 2 aromatic rings. The van der Waals surface area contributed by atoms with Crippen molar-refractivity contribution >= 4 is 23.4 Å². The topological polar surface area (TPSA) is 52.6 Å². The van der Waals surface area contributed by atoms with Crippen LogP contribution in [0.2, 0.25) is 5.02 Å². The van der Waals surface area contributed by atoms with Crippen molar-refractivity contribution in [2.75, 3.05) is 32.5 Å². The number of unbranched alkanes of at least 4 members (excludes halogenated alkanes) is 1. The van der Waals surface area contributed by atoms with Gasteiger partial charge in [-0.25, -0.2) is 4.98 Å². The smallest absolute Gasteiger partial charge is 0.193 e. The van der Waals surface area contributed by atoms with Gasteiger partial charge in [0.1, 0.15) is 5.82 Å². The van der Waals surface area contributed by atoms with E-state index in [0.29, 0.717) is 0 Å². The number of aromatic nitrogens is 1. The molecule has 0 unspecified atom stereocenters. The second-order valence-corrected chi connectivity index (χ2v) is 6.25. The van der Waals surface area contributed by atoms with Crippen molar-refractivity contribution in [2.45, 2.75) is 19.4 Å². The number of anilines is 1. The van der Waals surface area contributed by atoms with Crippen LogP contribution >= 0.6 is 11.6 Å². The van der Waals surface area contributed by atoms with Crippen LogP contribution < -0.4 is 10.6 Å². The SMILES string of the molecule is CN=C(NCCCCNc1ccccn1)N(C)Cc1cccc(Cl)c1. The Kier molecular flexibility index (Phi) is 8.05. The van der Waals surface area contributed by atoms with Gasteiger partial charge >= 0.3 is 0 Å². The van der Waals surface area contributed by atoms with Gasteiger partial charge in [-0.3, -0.25) is 4.99 Å². The lowest BCUT2D eigenvalue weighted by molar-refractivity contribution is 0.475. The summed E-state index contributed by atoms with van der Waals surface area (Å²) in [5.41, 5.74) is 1.16. The van der Waals surface area contributed by atoms with Gasteiger partial charge in [0.15, 0.2) is 5.96 Å². The number of halogens is 1. The predicted octanol–water partition coefficient (Wildman–Crippen LogP) is 3.63. The molecule has 1 aromatic carbocycles. The molecule has 0 saturated heterocycles. The van der Waals surface area contributed by atoms with Gasteiger partial charge in [-0.2, -0.15) is 0 Å². The Labute approximate surface area is 155 Å². The van der Waals surface area contributed by atoms with Crippen molar-refractivity contribution in [3.63, 3.8) is 0 Å². The highest BCUT2D eigenvalue weighted by Gasteiger charge is 2.06. The van der Waals surface area contributed by atoms with Crippen molar-refractivity contribution in [1.82, 2.24) is 15.2 Å². The Balaban J connectivity index is 1.66. The minimum Gasteiger partial charge on any atom is -0.370 e. The van der Waals surface area contributed by atoms with E-state index in [2.05, 4.69) is 31.6 Å². The van der Waals surface area contributed by atoms with Gasteiger partial charge in [0, 0.05) is 44.9 Å². The van der Waals surface area contributed by atoms with E-state index in [4.69, 9.17) is 11.6 Å². The zero-order valence-electron chi connectivity index (χ0n) is 14.9. The molecule has 25 heavy (non-hydrogen) atoms. The minimum absolute atomic E-state index is 0.759. The van der Waals surface area contributed by atoms with Gasteiger partial charge in [0.25, 0.3) is 0 Å². The molecule has 0 spiro atoms. The predicted molar refractivity (Wildman–Crippen MR) is 106 cm³/mol. The normalized spacial score (nSPS) is 11.2. The number of hydrogen-bond acceptors (Lipinski definition) is 3. The third kappa shape index (κ3) is 7.01. The largest absolute Gasteiger partial charge is 0.370 e. The summed E-state index contributed by atoms with van der Waals surface area (Å²) in [6, 6.07) is 13.8. The first kappa shape index (κ1) is 19.1. The first-order valence-corrected chi connectivity index (χ1v) is 8.88. The highest BCUT2D eigenvalue weighted by Crippen LogP contribution is 2.12. The Morgan fingerprint density at radius 3 is 2.72 bits per heavy atom. The van der Waals surface area contributed by atoms with Gasteiger partial charge in [0.05, 0.1) is 0 Å². The van der Waals surface area contributed by atoms with Crippen molar-refractivity contribution in [3.8, 4) is 0 Å². The van der Waals surface area contributed by atoms with Crippen LogP contribution in [-0.2, 0) is 6.54 Å². The van der Waals surface area contributed by atoms with Crippen molar-refractivity contribution < 1.29 is 0 Å². The van der Waals surface area contributed by atoms with E-state index in [1.807, 2.05) is 43.4 Å². The van der Waals surface area contributed by atoms with E-state index in [0.717, 1.165) is 54.8 Å². The van der Waals surface area contributed by atoms with Gasteiger partial charge in [-0.05, 0) is 42.7 Å². The summed E-state index contributed by atoms with van der Waals surface area (Å²) in [6.45, 7) is 2.56. The Hall–Kier alpha value is -2.27. The number of pyridine rings is 1. The van der Waals surface area contributed by atoms with E-state index >= 15 is 0 Å². The van der Waals surface area contributed by atoms with Crippen LogP contribution in [-0.4, -0.2) is 43.0 Å².